The molecule has 0 fully saturated rings. The van der Waals surface area contributed by atoms with Crippen LogP contribution in [0.3, 0.4) is 0 Å². The van der Waals surface area contributed by atoms with Crippen LogP contribution in [0.1, 0.15) is 13.8 Å². The first-order valence-electron chi connectivity index (χ1n) is 3.82. The molecule has 0 aliphatic carbocycles. The molecule has 0 nitrogen and oxygen atoms in total. The van der Waals surface area contributed by atoms with Gasteiger partial charge in [0.2, 0.25) is 0 Å². The van der Waals surface area contributed by atoms with Gasteiger partial charge in [0.1, 0.15) is 0 Å². The first-order valence-corrected chi connectivity index (χ1v) is 12.8. The molecule has 0 aromatic carbocycles. The van der Waals surface area contributed by atoms with Gasteiger partial charge in [0.25, 0.3) is 0 Å². The van der Waals surface area contributed by atoms with Crippen molar-refractivity contribution in [2.75, 3.05) is 0 Å². The fraction of sp³-hybridized carbons (Fsp3) is 0.556. The van der Waals surface area contributed by atoms with Gasteiger partial charge in [-0.15, -0.1) is 0 Å². The van der Waals surface area contributed by atoms with E-state index in [0.29, 0.717) is 5.41 Å². The maximum atomic E-state index is 2.48. The molecule has 0 unspecified atom stereocenters. The molecule has 0 radical (unpaired) electrons. The second-order valence-electron chi connectivity index (χ2n) is 4.31. The number of rotatable bonds is 0. The van der Waals surface area contributed by atoms with Crippen LogP contribution in [0.15, 0.2) is 20.3 Å². The van der Waals surface area contributed by atoms with Crippen LogP contribution in [-0.2, 0) is 0 Å². The summed E-state index contributed by atoms with van der Waals surface area (Å²) in [5.74, 6) is 0. The van der Waals surface area contributed by atoms with Gasteiger partial charge >= 0.3 is 67.9 Å². The average Bonchev–Trinajstić information content (AvgIpc) is 1.79. The number of allylic oxidation sites excluding steroid dienone is 2. The summed E-state index contributed by atoms with van der Waals surface area (Å²) < 4.78 is 4.96. The van der Waals surface area contributed by atoms with Crippen molar-refractivity contribution in [1.82, 2.24) is 0 Å². The van der Waals surface area contributed by atoms with E-state index in [1.54, 1.807) is 0 Å². The molecule has 0 aromatic rings. The van der Waals surface area contributed by atoms with Crippen molar-refractivity contribution < 1.29 is 0 Å². The Morgan fingerprint density at radius 1 is 1.00 bits per heavy atom. The molecular weight excluding hydrogens is 227 g/mol. The first-order chi connectivity index (χ1) is 4.41. The molecular formula is C9H16Sn. The molecule has 0 bridgehead atoms. The summed E-state index contributed by atoms with van der Waals surface area (Å²) in [5, 5.41) is 0. The van der Waals surface area contributed by atoms with Crippen molar-refractivity contribution in [1.29, 1.82) is 0 Å². The summed E-state index contributed by atoms with van der Waals surface area (Å²) >= 11 is -1.71. The molecule has 0 saturated carbocycles. The minimum absolute atomic E-state index is 0.326. The van der Waals surface area contributed by atoms with Gasteiger partial charge in [0.05, 0.1) is 0 Å². The van der Waals surface area contributed by atoms with Crippen molar-refractivity contribution >= 4 is 18.4 Å². The van der Waals surface area contributed by atoms with Crippen LogP contribution in [0, 0.1) is 5.41 Å². The minimum atomic E-state index is -1.71. The van der Waals surface area contributed by atoms with E-state index in [1.807, 2.05) is 0 Å². The van der Waals surface area contributed by atoms with Gasteiger partial charge in [-0.1, -0.05) is 0 Å². The molecule has 0 spiro atoms. The summed E-state index contributed by atoms with van der Waals surface area (Å²) in [6.07, 6.45) is 4.73. The summed E-state index contributed by atoms with van der Waals surface area (Å²) in [5.41, 5.74) is 0.326. The molecule has 0 aromatic heterocycles. The molecule has 0 saturated heterocycles. The molecule has 0 N–H and O–H groups in total. The molecule has 1 heteroatoms. The maximum absolute atomic E-state index is 2.48. The van der Waals surface area contributed by atoms with E-state index in [0.717, 1.165) is 0 Å². The fourth-order valence-corrected chi connectivity index (χ4v) is 6.19. The van der Waals surface area contributed by atoms with Crippen LogP contribution in [0.2, 0.25) is 9.88 Å². The van der Waals surface area contributed by atoms with E-state index in [2.05, 4.69) is 44.1 Å². The second-order valence-corrected chi connectivity index (χ2v) is 16.6. The summed E-state index contributed by atoms with van der Waals surface area (Å²) in [6.45, 7) is 4.50. The van der Waals surface area contributed by atoms with Gasteiger partial charge in [-0.05, 0) is 0 Å². The van der Waals surface area contributed by atoms with E-state index in [9.17, 15) is 0 Å². The average molecular weight is 243 g/mol. The Hall–Kier alpha value is 0.279. The Bertz CT molecular complexity index is 147. The summed E-state index contributed by atoms with van der Waals surface area (Å²) in [6, 6.07) is 0. The SMILES string of the molecule is CC1(C)C=[CH][Sn]([CH3])([CH3])[CH]=C1. The third kappa shape index (κ3) is 2.15. The van der Waals surface area contributed by atoms with Crippen molar-refractivity contribution in [2.24, 2.45) is 5.41 Å². The van der Waals surface area contributed by atoms with Gasteiger partial charge < -0.3 is 0 Å². The quantitative estimate of drug-likeness (QED) is 0.573. The molecule has 1 rings (SSSR count). The Morgan fingerprint density at radius 3 is 1.70 bits per heavy atom. The van der Waals surface area contributed by atoms with Crippen LogP contribution < -0.4 is 0 Å². The summed E-state index contributed by atoms with van der Waals surface area (Å²) in [4.78, 5) is 4.86. The van der Waals surface area contributed by atoms with Crippen LogP contribution in [0.5, 0.6) is 0 Å². The van der Waals surface area contributed by atoms with Crippen molar-refractivity contribution in [2.45, 2.75) is 23.7 Å². The van der Waals surface area contributed by atoms with Gasteiger partial charge in [-0.25, -0.2) is 0 Å². The predicted molar refractivity (Wildman–Crippen MR) is 49.5 cm³/mol. The predicted octanol–water partition coefficient (Wildman–Crippen LogP) is 2.93. The van der Waals surface area contributed by atoms with Crippen molar-refractivity contribution in [3.63, 3.8) is 0 Å². The normalized spacial score (nSPS) is 26.8. The number of hydrogen-bond donors (Lipinski definition) is 0. The van der Waals surface area contributed by atoms with Crippen molar-refractivity contribution in [3.05, 3.63) is 20.3 Å². The van der Waals surface area contributed by atoms with E-state index < -0.39 is 18.4 Å². The monoisotopic (exact) mass is 244 g/mol. The third-order valence-electron chi connectivity index (χ3n) is 1.88. The van der Waals surface area contributed by atoms with Gasteiger partial charge in [0.15, 0.2) is 0 Å². The van der Waals surface area contributed by atoms with E-state index in [1.165, 1.54) is 0 Å². The Morgan fingerprint density at radius 2 is 1.40 bits per heavy atom. The molecule has 0 atom stereocenters. The fourth-order valence-electron chi connectivity index (χ4n) is 0.970. The molecule has 10 heavy (non-hydrogen) atoms. The van der Waals surface area contributed by atoms with E-state index in [4.69, 9.17) is 0 Å². The Labute approximate surface area is 67.9 Å². The molecule has 1 heterocycles. The van der Waals surface area contributed by atoms with Gasteiger partial charge in [-0.2, -0.15) is 0 Å². The standard InChI is InChI=1S/C7H10.2CH3.Sn/c1-5-7(3,4)6-2;;;/h1-2,5-6H,3-4H3;2*1H3;. The molecule has 1 aliphatic heterocycles. The Balaban J connectivity index is 2.81. The second kappa shape index (κ2) is 2.40. The van der Waals surface area contributed by atoms with Gasteiger partial charge in [0, 0.05) is 0 Å². The molecule has 56 valence electrons. The van der Waals surface area contributed by atoms with Crippen LogP contribution in [-0.4, -0.2) is 18.4 Å². The Kier molecular flexibility index (Phi) is 2.01. The summed E-state index contributed by atoms with van der Waals surface area (Å²) in [7, 11) is 0. The zero-order valence-corrected chi connectivity index (χ0v) is 10.2. The molecule has 0 amide bonds. The zero-order valence-electron chi connectivity index (χ0n) is 7.31. The first kappa shape index (κ1) is 8.38. The molecule has 1 aliphatic rings. The van der Waals surface area contributed by atoms with Crippen molar-refractivity contribution in [3.8, 4) is 0 Å². The zero-order chi connectivity index (χ0) is 7.83. The van der Waals surface area contributed by atoms with E-state index >= 15 is 0 Å². The topological polar surface area (TPSA) is 0 Å². The van der Waals surface area contributed by atoms with Crippen LogP contribution in [0.25, 0.3) is 0 Å². The van der Waals surface area contributed by atoms with Crippen LogP contribution >= 0.6 is 0 Å². The van der Waals surface area contributed by atoms with Gasteiger partial charge in [-0.3, -0.25) is 0 Å². The van der Waals surface area contributed by atoms with Crippen LogP contribution in [0.4, 0.5) is 0 Å². The van der Waals surface area contributed by atoms with E-state index in [-0.39, 0.29) is 0 Å². The third-order valence-corrected chi connectivity index (χ3v) is 7.74. The number of hydrogen-bond acceptors (Lipinski definition) is 0.